The number of aliphatic hydroxyl groups is 2. The number of fused-ring (bicyclic) bond motifs is 1. The van der Waals surface area contributed by atoms with E-state index in [1.165, 1.54) is 22.7 Å². The maximum absolute atomic E-state index is 12.1. The second kappa shape index (κ2) is 8.32. The van der Waals surface area contributed by atoms with E-state index in [9.17, 15) is 19.6 Å². The number of aliphatic hydroxyl groups excluding tert-OH is 2. The number of imidazole rings is 1. The normalized spacial score (nSPS) is 27.7. The van der Waals surface area contributed by atoms with E-state index < -0.39 is 44.0 Å². The third kappa shape index (κ3) is 4.34. The Labute approximate surface area is 168 Å². The first-order valence-corrected chi connectivity index (χ1v) is 11.3. The first-order valence-electron chi connectivity index (χ1n) is 8.64. The Balaban J connectivity index is 2.05. The molecule has 0 spiro atoms. The maximum Gasteiger partial charge on any atom is 0.469 e. The summed E-state index contributed by atoms with van der Waals surface area (Å²) >= 11 is 1.41. The molecule has 3 heterocycles. The van der Waals surface area contributed by atoms with Crippen molar-refractivity contribution in [3.8, 4) is 0 Å². The first-order chi connectivity index (χ1) is 13.6. The van der Waals surface area contributed by atoms with Gasteiger partial charge in [0.05, 0.1) is 12.9 Å². The van der Waals surface area contributed by atoms with Gasteiger partial charge in [-0.15, -0.1) is 0 Å². The lowest BCUT2D eigenvalue weighted by atomic mass is 10.0. The summed E-state index contributed by atoms with van der Waals surface area (Å²) in [5, 5.41) is 21.3. The van der Waals surface area contributed by atoms with Gasteiger partial charge in [-0.25, -0.2) is 9.55 Å². The molecule has 1 fully saturated rings. The van der Waals surface area contributed by atoms with Crippen molar-refractivity contribution in [1.29, 1.82) is 0 Å². The summed E-state index contributed by atoms with van der Waals surface area (Å²) in [4.78, 5) is 40.4. The highest BCUT2D eigenvalue weighted by Gasteiger charge is 2.56. The van der Waals surface area contributed by atoms with Gasteiger partial charge in [0, 0.05) is 5.75 Å². The summed E-state index contributed by atoms with van der Waals surface area (Å²) < 4.78 is 22.7. The second-order valence-electron chi connectivity index (χ2n) is 6.51. The molecule has 0 aliphatic carbocycles. The molecule has 29 heavy (non-hydrogen) atoms. The Bertz CT molecular complexity index is 979. The number of nitrogens with one attached hydrogen (secondary N) is 1. The van der Waals surface area contributed by atoms with Crippen LogP contribution in [0.25, 0.3) is 11.2 Å². The number of ether oxygens (including phenoxy) is 1. The molecule has 1 saturated heterocycles. The number of nitrogens with two attached hydrogens (primary N) is 1. The molecule has 2 aromatic rings. The number of H-pyrrole nitrogens is 1. The number of aromatic nitrogens is 4. The van der Waals surface area contributed by atoms with Gasteiger partial charge in [0.25, 0.3) is 5.56 Å². The van der Waals surface area contributed by atoms with E-state index in [0.717, 1.165) is 6.42 Å². The lowest BCUT2D eigenvalue weighted by molar-refractivity contribution is -0.127. The van der Waals surface area contributed by atoms with Crippen LogP contribution in [0, 0.1) is 0 Å². The fourth-order valence-electron chi connectivity index (χ4n) is 3.13. The number of phosphoric acid groups is 1. The monoisotopic (exact) mass is 451 g/mol. The van der Waals surface area contributed by atoms with Crippen molar-refractivity contribution in [2.75, 3.05) is 23.8 Å². The Morgan fingerprint density at radius 3 is 2.86 bits per heavy atom. The quantitative estimate of drug-likeness (QED) is 0.205. The molecule has 4 atom stereocenters. The average molecular weight is 451 g/mol. The van der Waals surface area contributed by atoms with Crippen molar-refractivity contribution >= 4 is 36.7 Å². The SMILES string of the molecule is CCCSC[C@@]1(n2cnc3c(=O)[nH]c(N)nc32)O[C@H](COP(=O)(O)O)[C@@H](O)[C@H]1O. The molecular weight excluding hydrogens is 429 g/mol. The largest absolute Gasteiger partial charge is 0.469 e. The predicted molar refractivity (Wildman–Crippen MR) is 103 cm³/mol. The van der Waals surface area contributed by atoms with E-state index >= 15 is 0 Å². The van der Waals surface area contributed by atoms with Gasteiger partial charge in [0.1, 0.15) is 18.3 Å². The highest BCUT2D eigenvalue weighted by atomic mass is 32.2. The molecule has 1 aliphatic rings. The number of thioether (sulfide) groups is 1. The molecular formula is C14H22N5O8PS. The van der Waals surface area contributed by atoms with Crippen LogP contribution in [0.2, 0.25) is 0 Å². The number of anilines is 1. The molecule has 3 rings (SSSR count). The van der Waals surface area contributed by atoms with Crippen LogP contribution in [-0.4, -0.2) is 75.9 Å². The number of nitrogens with zero attached hydrogens (tertiary/aromatic N) is 3. The molecule has 1 aliphatic heterocycles. The number of aromatic amines is 1. The molecule has 7 N–H and O–H groups in total. The van der Waals surface area contributed by atoms with Gasteiger partial charge >= 0.3 is 7.82 Å². The van der Waals surface area contributed by atoms with Crippen LogP contribution in [0.3, 0.4) is 0 Å². The zero-order chi connectivity index (χ0) is 21.4. The van der Waals surface area contributed by atoms with Crippen molar-refractivity contribution in [2.45, 2.75) is 37.4 Å². The molecule has 13 nitrogen and oxygen atoms in total. The lowest BCUT2D eigenvalue weighted by Gasteiger charge is -2.33. The minimum absolute atomic E-state index is 0.0335. The van der Waals surface area contributed by atoms with E-state index in [0.29, 0.717) is 5.75 Å². The zero-order valence-corrected chi connectivity index (χ0v) is 17.0. The van der Waals surface area contributed by atoms with Crippen LogP contribution in [-0.2, 0) is 19.6 Å². The van der Waals surface area contributed by atoms with E-state index in [2.05, 4.69) is 19.5 Å². The Hall–Kier alpha value is -1.51. The topological polar surface area (TPSA) is 206 Å². The number of hydrogen-bond donors (Lipinski definition) is 6. The summed E-state index contributed by atoms with van der Waals surface area (Å²) in [6.07, 6.45) is -2.24. The van der Waals surface area contributed by atoms with Crippen LogP contribution >= 0.6 is 19.6 Å². The number of hydrogen-bond acceptors (Lipinski definition) is 10. The lowest BCUT2D eigenvalue weighted by Crippen LogP contribution is -2.47. The van der Waals surface area contributed by atoms with E-state index in [4.69, 9.17) is 20.3 Å². The molecule has 0 unspecified atom stereocenters. The molecule has 2 aromatic heterocycles. The van der Waals surface area contributed by atoms with Crippen molar-refractivity contribution in [2.24, 2.45) is 0 Å². The molecule has 15 heteroatoms. The number of nitrogen functional groups attached to an aromatic ring is 1. The Kier molecular flexibility index (Phi) is 6.36. The predicted octanol–water partition coefficient (Wildman–Crippen LogP) is -1.27. The van der Waals surface area contributed by atoms with E-state index in [-0.39, 0.29) is 22.9 Å². The molecule has 0 saturated carbocycles. The van der Waals surface area contributed by atoms with Gasteiger partial charge in [-0.3, -0.25) is 18.9 Å². The third-order valence-electron chi connectivity index (χ3n) is 4.42. The van der Waals surface area contributed by atoms with Crippen LogP contribution in [0.15, 0.2) is 11.1 Å². The van der Waals surface area contributed by atoms with Gasteiger partial charge in [-0.1, -0.05) is 6.92 Å². The second-order valence-corrected chi connectivity index (χ2v) is 8.86. The summed E-state index contributed by atoms with van der Waals surface area (Å²) in [5.41, 5.74) is 3.41. The van der Waals surface area contributed by atoms with E-state index in [1.54, 1.807) is 0 Å². The number of phosphoric ester groups is 1. The smallest absolute Gasteiger partial charge is 0.387 e. The Morgan fingerprint density at radius 2 is 2.21 bits per heavy atom. The van der Waals surface area contributed by atoms with Crippen molar-refractivity contribution in [1.82, 2.24) is 19.5 Å². The third-order valence-corrected chi connectivity index (χ3v) is 6.22. The van der Waals surface area contributed by atoms with Gasteiger partial charge in [-0.2, -0.15) is 16.7 Å². The first kappa shape index (κ1) is 22.2. The zero-order valence-electron chi connectivity index (χ0n) is 15.3. The van der Waals surface area contributed by atoms with Gasteiger partial charge < -0.3 is 30.5 Å². The number of rotatable bonds is 8. The van der Waals surface area contributed by atoms with E-state index in [1.807, 2.05) is 6.92 Å². The minimum atomic E-state index is -4.82. The molecule has 0 aromatic carbocycles. The highest BCUT2D eigenvalue weighted by Crippen LogP contribution is 2.42. The van der Waals surface area contributed by atoms with Crippen LogP contribution in [0.4, 0.5) is 5.95 Å². The summed E-state index contributed by atoms with van der Waals surface area (Å²) in [7, 11) is -4.82. The highest BCUT2D eigenvalue weighted by molar-refractivity contribution is 7.99. The molecule has 0 amide bonds. The summed E-state index contributed by atoms with van der Waals surface area (Å²) in [6, 6.07) is 0. The Morgan fingerprint density at radius 1 is 1.48 bits per heavy atom. The molecule has 0 radical (unpaired) electrons. The molecule has 162 valence electrons. The standard InChI is InChI=1S/C14H22N5O8PS/c1-2-3-29-5-14(10(21)9(20)7(27-14)4-26-28(23,24)25)19-6-16-8-11(19)17-13(15)18-12(8)22/h6-7,9-10,20-21H,2-5H2,1H3,(H2,23,24,25)(H3,15,17,18,22)/t7-,9-,10-,14-/m1/s1. The minimum Gasteiger partial charge on any atom is -0.387 e. The van der Waals surface area contributed by atoms with Crippen molar-refractivity contribution in [3.05, 3.63) is 16.7 Å². The summed E-state index contributed by atoms with van der Waals surface area (Å²) in [5.74, 6) is 0.668. The molecule has 0 bridgehead atoms. The van der Waals surface area contributed by atoms with Crippen molar-refractivity contribution in [3.63, 3.8) is 0 Å². The van der Waals surface area contributed by atoms with Gasteiger partial charge in [-0.05, 0) is 12.2 Å². The van der Waals surface area contributed by atoms with Gasteiger partial charge in [0.2, 0.25) is 5.95 Å². The fraction of sp³-hybridized carbons (Fsp3) is 0.643. The maximum atomic E-state index is 12.1. The van der Waals surface area contributed by atoms with Gasteiger partial charge in [0.15, 0.2) is 16.9 Å². The van der Waals surface area contributed by atoms with Crippen LogP contribution < -0.4 is 11.3 Å². The average Bonchev–Trinajstić information content (AvgIpc) is 3.15. The van der Waals surface area contributed by atoms with Crippen molar-refractivity contribution < 1.29 is 33.8 Å². The fourth-order valence-corrected chi connectivity index (χ4v) is 4.57. The van der Waals surface area contributed by atoms with Crippen LogP contribution in [0.1, 0.15) is 13.3 Å². The summed E-state index contributed by atoms with van der Waals surface area (Å²) in [6.45, 7) is 1.30. The van der Waals surface area contributed by atoms with Crippen LogP contribution in [0.5, 0.6) is 0 Å².